The maximum atomic E-state index is 13.5. The lowest BCUT2D eigenvalue weighted by atomic mass is 10.2. The summed E-state index contributed by atoms with van der Waals surface area (Å²) < 4.78 is 31.8. The molecule has 106 valence electrons. The van der Waals surface area contributed by atoms with Crippen LogP contribution in [0.3, 0.4) is 0 Å². The summed E-state index contributed by atoms with van der Waals surface area (Å²) in [7, 11) is 0. The standard InChI is InChI=1S/C15H14ClF2NO/c1-2-19-9-10-3-5-12(8-13(10)16)20-15-7-11(17)4-6-14(15)18/h3-8,19H,2,9H2,1H3. The number of ether oxygens (including phenoxy) is 1. The highest BCUT2D eigenvalue weighted by Gasteiger charge is 2.08. The highest BCUT2D eigenvalue weighted by molar-refractivity contribution is 6.31. The Kier molecular flexibility index (Phi) is 4.93. The van der Waals surface area contributed by atoms with Crippen LogP contribution < -0.4 is 10.1 Å². The maximum Gasteiger partial charge on any atom is 0.165 e. The summed E-state index contributed by atoms with van der Waals surface area (Å²) in [6, 6.07) is 8.09. The Hall–Kier alpha value is -1.65. The zero-order valence-electron chi connectivity index (χ0n) is 10.9. The second-order valence-electron chi connectivity index (χ2n) is 4.21. The number of nitrogens with one attached hydrogen (secondary N) is 1. The molecule has 0 heterocycles. The fourth-order valence-corrected chi connectivity index (χ4v) is 1.91. The quantitative estimate of drug-likeness (QED) is 0.876. The number of hydrogen-bond donors (Lipinski definition) is 1. The molecule has 0 spiro atoms. The van der Waals surface area contributed by atoms with Crippen molar-refractivity contribution in [2.75, 3.05) is 6.54 Å². The largest absolute Gasteiger partial charge is 0.454 e. The molecule has 0 saturated carbocycles. The first-order chi connectivity index (χ1) is 9.60. The fraction of sp³-hybridized carbons (Fsp3) is 0.200. The summed E-state index contributed by atoms with van der Waals surface area (Å²) in [5.41, 5.74) is 0.917. The van der Waals surface area contributed by atoms with Crippen LogP contribution in [-0.2, 0) is 6.54 Å². The summed E-state index contributed by atoms with van der Waals surface area (Å²) in [5, 5.41) is 3.67. The molecule has 1 N–H and O–H groups in total. The van der Waals surface area contributed by atoms with Gasteiger partial charge in [0.05, 0.1) is 0 Å². The van der Waals surface area contributed by atoms with Gasteiger partial charge < -0.3 is 10.1 Å². The van der Waals surface area contributed by atoms with Crippen molar-refractivity contribution in [2.24, 2.45) is 0 Å². The van der Waals surface area contributed by atoms with E-state index < -0.39 is 11.6 Å². The molecule has 0 aromatic heterocycles. The van der Waals surface area contributed by atoms with E-state index in [4.69, 9.17) is 16.3 Å². The van der Waals surface area contributed by atoms with Gasteiger partial charge in [0.15, 0.2) is 11.6 Å². The van der Waals surface area contributed by atoms with Crippen LogP contribution in [0.2, 0.25) is 5.02 Å². The van der Waals surface area contributed by atoms with Gasteiger partial charge in [-0.3, -0.25) is 0 Å². The molecular formula is C15H14ClF2NO. The van der Waals surface area contributed by atoms with Crippen LogP contribution in [0.5, 0.6) is 11.5 Å². The molecule has 5 heteroatoms. The zero-order valence-corrected chi connectivity index (χ0v) is 11.7. The van der Waals surface area contributed by atoms with Gasteiger partial charge in [0.2, 0.25) is 0 Å². The van der Waals surface area contributed by atoms with Gasteiger partial charge in [-0.2, -0.15) is 0 Å². The Morgan fingerprint density at radius 2 is 1.95 bits per heavy atom. The third-order valence-electron chi connectivity index (χ3n) is 2.71. The number of rotatable bonds is 5. The van der Waals surface area contributed by atoms with E-state index in [1.165, 1.54) is 0 Å². The van der Waals surface area contributed by atoms with E-state index in [0.29, 0.717) is 17.3 Å². The van der Waals surface area contributed by atoms with Crippen molar-refractivity contribution < 1.29 is 13.5 Å². The lowest BCUT2D eigenvalue weighted by molar-refractivity contribution is 0.436. The van der Waals surface area contributed by atoms with E-state index in [9.17, 15) is 8.78 Å². The van der Waals surface area contributed by atoms with Crippen LogP contribution in [0.1, 0.15) is 12.5 Å². The molecule has 0 unspecified atom stereocenters. The van der Waals surface area contributed by atoms with Crippen LogP contribution >= 0.6 is 11.6 Å². The third kappa shape index (κ3) is 3.68. The zero-order chi connectivity index (χ0) is 14.5. The van der Waals surface area contributed by atoms with Crippen LogP contribution in [0, 0.1) is 11.6 Å². The Balaban J connectivity index is 2.17. The first-order valence-electron chi connectivity index (χ1n) is 6.22. The molecule has 0 bridgehead atoms. The van der Waals surface area contributed by atoms with Crippen LogP contribution in [0.25, 0.3) is 0 Å². The van der Waals surface area contributed by atoms with E-state index in [0.717, 1.165) is 30.3 Å². The Labute approximate surface area is 121 Å². The molecule has 20 heavy (non-hydrogen) atoms. The van der Waals surface area contributed by atoms with Gasteiger partial charge in [-0.1, -0.05) is 24.6 Å². The molecule has 0 aliphatic carbocycles. The minimum absolute atomic E-state index is 0.166. The monoisotopic (exact) mass is 297 g/mol. The van der Waals surface area contributed by atoms with Gasteiger partial charge in [0.1, 0.15) is 11.6 Å². The van der Waals surface area contributed by atoms with Crippen LogP contribution in [0.4, 0.5) is 8.78 Å². The average Bonchev–Trinajstić information content (AvgIpc) is 2.42. The van der Waals surface area contributed by atoms with E-state index in [2.05, 4.69) is 5.32 Å². The van der Waals surface area contributed by atoms with E-state index in [1.807, 2.05) is 6.92 Å². The first-order valence-corrected chi connectivity index (χ1v) is 6.60. The normalized spacial score (nSPS) is 10.6. The maximum absolute atomic E-state index is 13.5. The molecule has 2 aromatic rings. The van der Waals surface area contributed by atoms with E-state index in [1.54, 1.807) is 18.2 Å². The molecule has 2 aromatic carbocycles. The number of halogens is 3. The van der Waals surface area contributed by atoms with Crippen molar-refractivity contribution >= 4 is 11.6 Å². The molecule has 0 atom stereocenters. The van der Waals surface area contributed by atoms with E-state index >= 15 is 0 Å². The van der Waals surface area contributed by atoms with Gasteiger partial charge in [0.25, 0.3) is 0 Å². The molecule has 0 saturated heterocycles. The molecule has 0 aliphatic rings. The Morgan fingerprint density at radius 3 is 2.65 bits per heavy atom. The molecule has 0 fully saturated rings. The average molecular weight is 298 g/mol. The topological polar surface area (TPSA) is 21.3 Å². The van der Waals surface area contributed by atoms with E-state index in [-0.39, 0.29) is 5.75 Å². The second-order valence-corrected chi connectivity index (χ2v) is 4.62. The smallest absolute Gasteiger partial charge is 0.165 e. The lowest BCUT2D eigenvalue weighted by Gasteiger charge is -2.10. The number of benzene rings is 2. The van der Waals surface area contributed by atoms with Gasteiger partial charge in [-0.15, -0.1) is 0 Å². The lowest BCUT2D eigenvalue weighted by Crippen LogP contribution is -2.11. The second kappa shape index (κ2) is 6.68. The summed E-state index contributed by atoms with van der Waals surface area (Å²) in [6.45, 7) is 3.48. The molecule has 2 rings (SSSR count). The van der Waals surface area contributed by atoms with Crippen molar-refractivity contribution in [2.45, 2.75) is 13.5 Å². The van der Waals surface area contributed by atoms with Crippen molar-refractivity contribution in [3.05, 3.63) is 58.6 Å². The van der Waals surface area contributed by atoms with Crippen molar-refractivity contribution in [1.29, 1.82) is 0 Å². The van der Waals surface area contributed by atoms with Crippen molar-refractivity contribution in [1.82, 2.24) is 5.32 Å². The highest BCUT2D eigenvalue weighted by atomic mass is 35.5. The molecular weight excluding hydrogens is 284 g/mol. The summed E-state index contributed by atoms with van der Waals surface area (Å²) in [4.78, 5) is 0. The summed E-state index contributed by atoms with van der Waals surface area (Å²) >= 11 is 6.11. The summed E-state index contributed by atoms with van der Waals surface area (Å²) in [5.74, 6) is -0.990. The van der Waals surface area contributed by atoms with Gasteiger partial charge >= 0.3 is 0 Å². The Bertz CT molecular complexity index is 604. The molecule has 0 aliphatic heterocycles. The SMILES string of the molecule is CCNCc1ccc(Oc2cc(F)ccc2F)cc1Cl. The number of hydrogen-bond acceptors (Lipinski definition) is 2. The molecule has 2 nitrogen and oxygen atoms in total. The first kappa shape index (κ1) is 14.8. The molecule has 0 amide bonds. The Morgan fingerprint density at radius 1 is 1.15 bits per heavy atom. The van der Waals surface area contributed by atoms with Crippen molar-refractivity contribution in [3.8, 4) is 11.5 Å². The fourth-order valence-electron chi connectivity index (χ4n) is 1.68. The highest BCUT2D eigenvalue weighted by Crippen LogP contribution is 2.28. The van der Waals surface area contributed by atoms with Gasteiger partial charge in [-0.05, 0) is 36.4 Å². The molecule has 0 radical (unpaired) electrons. The van der Waals surface area contributed by atoms with Gasteiger partial charge in [-0.25, -0.2) is 8.78 Å². The summed E-state index contributed by atoms with van der Waals surface area (Å²) in [6.07, 6.45) is 0. The minimum atomic E-state index is -0.626. The third-order valence-corrected chi connectivity index (χ3v) is 3.06. The predicted molar refractivity (Wildman–Crippen MR) is 75.3 cm³/mol. The minimum Gasteiger partial charge on any atom is -0.454 e. The van der Waals surface area contributed by atoms with Crippen LogP contribution in [0.15, 0.2) is 36.4 Å². The van der Waals surface area contributed by atoms with Gasteiger partial charge in [0, 0.05) is 17.6 Å². The predicted octanol–water partition coefficient (Wildman–Crippen LogP) is 4.52. The van der Waals surface area contributed by atoms with Crippen LogP contribution in [-0.4, -0.2) is 6.54 Å². The van der Waals surface area contributed by atoms with Crippen molar-refractivity contribution in [3.63, 3.8) is 0 Å².